The van der Waals surface area contributed by atoms with Crippen molar-refractivity contribution in [3.8, 4) is 11.4 Å². The average molecular weight is 723 g/mol. The molecule has 0 saturated heterocycles. The molecular formula is C50H38N6. The third kappa shape index (κ3) is 5.48. The van der Waals surface area contributed by atoms with Crippen LogP contribution >= 0.6 is 0 Å². The van der Waals surface area contributed by atoms with Crippen LogP contribution < -0.4 is 0 Å². The highest BCUT2D eigenvalue weighted by Crippen LogP contribution is 2.38. The third-order valence-electron chi connectivity index (χ3n) is 11.7. The molecule has 56 heavy (non-hydrogen) atoms. The molecule has 0 N–H and O–H groups in total. The summed E-state index contributed by atoms with van der Waals surface area (Å²) in [6, 6.07) is 46.3. The largest absolute Gasteiger partial charge is 0.309 e. The lowest BCUT2D eigenvalue weighted by Gasteiger charge is -2.28. The summed E-state index contributed by atoms with van der Waals surface area (Å²) in [4.78, 5) is 19.2. The van der Waals surface area contributed by atoms with E-state index in [1.54, 1.807) is 0 Å². The van der Waals surface area contributed by atoms with Gasteiger partial charge in [0.25, 0.3) is 0 Å². The van der Waals surface area contributed by atoms with Crippen LogP contribution in [0.5, 0.6) is 0 Å². The molecule has 6 heteroatoms. The first-order valence-corrected chi connectivity index (χ1v) is 19.5. The molecule has 3 aromatic heterocycles. The smallest absolute Gasteiger partial charge is 0.131 e. The number of nitrogens with zero attached hydrogens (tertiary/aromatic N) is 6. The summed E-state index contributed by atoms with van der Waals surface area (Å²) in [6.45, 7) is 0. The van der Waals surface area contributed by atoms with Gasteiger partial charge in [0.1, 0.15) is 5.84 Å². The Balaban J connectivity index is 1.05. The second-order valence-corrected chi connectivity index (χ2v) is 15.0. The van der Waals surface area contributed by atoms with Gasteiger partial charge < -0.3 is 9.13 Å². The highest BCUT2D eigenvalue weighted by molar-refractivity contribution is 6.12. The first-order valence-electron chi connectivity index (χ1n) is 19.5. The molecular weight excluding hydrogens is 685 g/mol. The van der Waals surface area contributed by atoms with Gasteiger partial charge in [-0.25, -0.2) is 4.99 Å². The molecule has 1 aliphatic carbocycles. The Hall–Kier alpha value is -6.92. The number of aromatic nitrogens is 3. The van der Waals surface area contributed by atoms with Crippen LogP contribution in [0.4, 0.5) is 0 Å². The zero-order chi connectivity index (χ0) is 37.0. The maximum atomic E-state index is 5.33. The molecule has 2 aliphatic heterocycles. The molecule has 8 aromatic rings. The van der Waals surface area contributed by atoms with E-state index in [1.165, 1.54) is 54.7 Å². The third-order valence-corrected chi connectivity index (χ3v) is 11.7. The Bertz CT molecular complexity index is 2790. The van der Waals surface area contributed by atoms with Crippen LogP contribution in [0.25, 0.3) is 60.6 Å². The van der Waals surface area contributed by atoms with Crippen molar-refractivity contribution in [2.24, 2.45) is 26.8 Å². The summed E-state index contributed by atoms with van der Waals surface area (Å²) in [7, 11) is 0. The fourth-order valence-corrected chi connectivity index (χ4v) is 8.99. The van der Waals surface area contributed by atoms with Crippen LogP contribution in [0.3, 0.4) is 0 Å². The zero-order valence-electron chi connectivity index (χ0n) is 30.8. The number of para-hydroxylation sites is 4. The van der Waals surface area contributed by atoms with E-state index in [4.69, 9.17) is 9.98 Å². The average Bonchev–Trinajstić information content (AvgIpc) is 3.80. The van der Waals surface area contributed by atoms with Gasteiger partial charge in [-0.3, -0.25) is 15.0 Å². The first-order chi connectivity index (χ1) is 27.8. The fraction of sp³-hybridized carbons (Fsp3) is 0.120. The summed E-state index contributed by atoms with van der Waals surface area (Å²) in [5.41, 5.74) is 11.6. The van der Waals surface area contributed by atoms with Crippen molar-refractivity contribution in [2.45, 2.75) is 25.3 Å². The summed E-state index contributed by atoms with van der Waals surface area (Å²) in [5, 5.41) is 5.00. The molecule has 0 saturated carbocycles. The van der Waals surface area contributed by atoms with Gasteiger partial charge in [0.2, 0.25) is 0 Å². The molecule has 3 aliphatic rings. The van der Waals surface area contributed by atoms with Gasteiger partial charge in [0, 0.05) is 76.0 Å². The fourth-order valence-electron chi connectivity index (χ4n) is 8.99. The Morgan fingerprint density at radius 1 is 0.571 bits per heavy atom. The minimum Gasteiger partial charge on any atom is -0.309 e. The van der Waals surface area contributed by atoms with Crippen molar-refractivity contribution in [2.75, 3.05) is 0 Å². The van der Waals surface area contributed by atoms with Gasteiger partial charge in [0.05, 0.1) is 33.8 Å². The standard InChI is InChI=1S/C50H38N6/c1-5-13-46-40(9-1)41-10-2-6-14-47(41)55(46)38-29-37(30-39(31-38)56-48-15-7-3-11-42(48)43-12-4-8-16-49(43)56)33-17-19-36(20-18-33)50-53-44(34-21-25-51-26-22-34)32-45(54-50)35-23-27-52-28-24-35/h1-19,21-23,25-31,35-36,45H,20,24,32H2. The number of aliphatic imine (C=N–C) groups is 3. The molecule has 0 spiro atoms. The number of benzene rings is 5. The minimum absolute atomic E-state index is 0.0805. The molecule has 0 radical (unpaired) electrons. The lowest BCUT2D eigenvalue weighted by Crippen LogP contribution is -2.30. The van der Waals surface area contributed by atoms with E-state index in [0.717, 1.165) is 47.7 Å². The molecule has 3 unspecified atom stereocenters. The monoisotopic (exact) mass is 722 g/mol. The van der Waals surface area contributed by atoms with Gasteiger partial charge in [-0.15, -0.1) is 0 Å². The Morgan fingerprint density at radius 2 is 1.14 bits per heavy atom. The number of allylic oxidation sites excluding steroid dienone is 3. The lowest BCUT2D eigenvalue weighted by atomic mass is 9.87. The lowest BCUT2D eigenvalue weighted by molar-refractivity contribution is 0.522. The van der Waals surface area contributed by atoms with Gasteiger partial charge >= 0.3 is 0 Å². The van der Waals surface area contributed by atoms with E-state index < -0.39 is 0 Å². The summed E-state index contributed by atoms with van der Waals surface area (Å²) in [5.74, 6) is 1.29. The molecule has 5 heterocycles. The van der Waals surface area contributed by atoms with Gasteiger partial charge in [-0.05, 0) is 84.1 Å². The Morgan fingerprint density at radius 3 is 1.66 bits per heavy atom. The van der Waals surface area contributed by atoms with Crippen LogP contribution in [-0.2, 0) is 0 Å². The van der Waals surface area contributed by atoms with E-state index in [-0.39, 0.29) is 12.0 Å². The predicted molar refractivity (Wildman–Crippen MR) is 233 cm³/mol. The van der Waals surface area contributed by atoms with Crippen LogP contribution in [0.1, 0.15) is 30.4 Å². The van der Waals surface area contributed by atoms with Crippen LogP contribution in [0.2, 0.25) is 0 Å². The molecule has 0 amide bonds. The van der Waals surface area contributed by atoms with Crippen molar-refractivity contribution in [3.05, 3.63) is 181 Å². The number of hydrogen-bond donors (Lipinski definition) is 0. The quantitative estimate of drug-likeness (QED) is 0.169. The minimum atomic E-state index is 0.0805. The normalized spacial score (nSPS) is 19.5. The number of fused-ring (bicyclic) bond motifs is 6. The number of pyridine rings is 1. The second kappa shape index (κ2) is 13.4. The Labute approximate surface area is 324 Å². The van der Waals surface area contributed by atoms with Gasteiger partial charge in [-0.2, -0.15) is 0 Å². The van der Waals surface area contributed by atoms with E-state index >= 15 is 0 Å². The SMILES string of the molecule is C1=CC(C2CC(c3ccncc3)=NC(C3C=CC(c4cc(-n5c6ccccc6c6ccccc65)cc(-n5c6ccccc6c6ccccc65)c4)=CC3)=N2)CC=N1. The van der Waals surface area contributed by atoms with E-state index in [0.29, 0.717) is 5.92 Å². The molecule has 5 aromatic carbocycles. The second-order valence-electron chi connectivity index (χ2n) is 15.0. The zero-order valence-corrected chi connectivity index (χ0v) is 30.8. The molecule has 3 atom stereocenters. The first kappa shape index (κ1) is 32.5. The molecule has 0 bridgehead atoms. The maximum Gasteiger partial charge on any atom is 0.131 e. The van der Waals surface area contributed by atoms with Gasteiger partial charge in [-0.1, -0.05) is 97.1 Å². The molecule has 6 nitrogen and oxygen atoms in total. The predicted octanol–water partition coefficient (Wildman–Crippen LogP) is 11.5. The maximum absolute atomic E-state index is 5.33. The van der Waals surface area contributed by atoms with E-state index in [1.807, 2.05) is 24.8 Å². The summed E-state index contributed by atoms with van der Waals surface area (Å²) < 4.78 is 4.86. The summed E-state index contributed by atoms with van der Waals surface area (Å²) in [6.07, 6.45) is 19.3. The summed E-state index contributed by atoms with van der Waals surface area (Å²) >= 11 is 0. The van der Waals surface area contributed by atoms with E-state index in [9.17, 15) is 0 Å². The van der Waals surface area contributed by atoms with E-state index in [2.05, 4.69) is 171 Å². The number of rotatable bonds is 6. The van der Waals surface area contributed by atoms with Crippen molar-refractivity contribution >= 4 is 66.9 Å². The highest BCUT2D eigenvalue weighted by Gasteiger charge is 2.29. The van der Waals surface area contributed by atoms with Crippen LogP contribution in [-0.4, -0.2) is 37.9 Å². The molecule has 0 fully saturated rings. The highest BCUT2D eigenvalue weighted by atomic mass is 15.0. The van der Waals surface area contributed by atoms with Crippen molar-refractivity contribution in [1.29, 1.82) is 0 Å². The van der Waals surface area contributed by atoms with Crippen molar-refractivity contribution in [3.63, 3.8) is 0 Å². The van der Waals surface area contributed by atoms with Crippen LogP contribution in [0, 0.1) is 11.8 Å². The molecule has 268 valence electrons. The van der Waals surface area contributed by atoms with Crippen molar-refractivity contribution < 1.29 is 0 Å². The number of amidine groups is 1. The van der Waals surface area contributed by atoms with Crippen LogP contribution in [0.15, 0.2) is 185 Å². The number of hydrogen-bond acceptors (Lipinski definition) is 4. The van der Waals surface area contributed by atoms with Gasteiger partial charge in [0.15, 0.2) is 0 Å². The molecule has 11 rings (SSSR count). The topological polar surface area (TPSA) is 59.8 Å². The van der Waals surface area contributed by atoms with Crippen molar-refractivity contribution in [1.82, 2.24) is 14.1 Å². The Kier molecular flexibility index (Phi) is 7.80.